The lowest BCUT2D eigenvalue weighted by molar-refractivity contribution is -0.656. The molecule has 1 saturated heterocycles. The Balaban J connectivity index is 2.18. The quantitative estimate of drug-likeness (QED) is 0.539. The first-order valence-electron chi connectivity index (χ1n) is 4.46. The maximum atomic E-state index is 11.4. The van der Waals surface area contributed by atoms with Gasteiger partial charge in [0.1, 0.15) is 10.7 Å². The summed E-state index contributed by atoms with van der Waals surface area (Å²) in [5.74, 6) is 0.241. The van der Waals surface area contributed by atoms with Gasteiger partial charge in [0.25, 0.3) is 5.54 Å². The fourth-order valence-electron chi connectivity index (χ4n) is 2.20. The Hall–Kier alpha value is -0.930. The molecule has 1 aliphatic heterocycles. The van der Waals surface area contributed by atoms with Gasteiger partial charge in [0.15, 0.2) is 0 Å². The normalized spacial score (nSPS) is 35.7. The molecule has 12 heavy (non-hydrogen) atoms. The minimum atomic E-state index is -0.380. The SMILES string of the molecule is O=C1CCCC2(CCN[N+]2=O)C1. The van der Waals surface area contributed by atoms with Crippen molar-refractivity contribution >= 4 is 5.78 Å². The van der Waals surface area contributed by atoms with Crippen LogP contribution in [0.2, 0.25) is 0 Å². The van der Waals surface area contributed by atoms with E-state index in [-0.39, 0.29) is 11.3 Å². The lowest BCUT2D eigenvalue weighted by Gasteiger charge is -2.21. The molecule has 1 aliphatic carbocycles. The number of carbonyl (C=O) groups excluding carboxylic acids is 1. The van der Waals surface area contributed by atoms with Crippen molar-refractivity contribution in [3.8, 4) is 0 Å². The number of carbonyl (C=O) groups is 1. The lowest BCUT2D eigenvalue weighted by atomic mass is 9.80. The first-order chi connectivity index (χ1) is 5.73. The highest BCUT2D eigenvalue weighted by atomic mass is 16.3. The average molecular weight is 169 g/mol. The van der Waals surface area contributed by atoms with Crippen molar-refractivity contribution in [1.29, 1.82) is 0 Å². The molecule has 1 saturated carbocycles. The molecule has 1 N–H and O–H groups in total. The minimum absolute atomic E-state index is 0.241. The van der Waals surface area contributed by atoms with E-state index < -0.39 is 0 Å². The van der Waals surface area contributed by atoms with Crippen molar-refractivity contribution in [2.75, 3.05) is 6.54 Å². The number of nitrogens with zero attached hydrogens (tertiary/aromatic N) is 1. The zero-order valence-corrected chi connectivity index (χ0v) is 7.01. The molecule has 0 bridgehead atoms. The van der Waals surface area contributed by atoms with Crippen molar-refractivity contribution in [2.45, 2.75) is 37.6 Å². The van der Waals surface area contributed by atoms with E-state index in [4.69, 9.17) is 0 Å². The summed E-state index contributed by atoms with van der Waals surface area (Å²) in [6, 6.07) is 0. The van der Waals surface area contributed by atoms with Crippen LogP contribution in [0, 0.1) is 4.91 Å². The van der Waals surface area contributed by atoms with E-state index >= 15 is 0 Å². The highest BCUT2D eigenvalue weighted by molar-refractivity contribution is 5.80. The maximum Gasteiger partial charge on any atom is 0.252 e. The Bertz CT molecular complexity index is 239. The number of nitrogens with one attached hydrogen (secondary N) is 1. The summed E-state index contributed by atoms with van der Waals surface area (Å²) >= 11 is 0. The zero-order chi connectivity index (χ0) is 8.60. The summed E-state index contributed by atoms with van der Waals surface area (Å²) in [5, 5.41) is 0. The largest absolute Gasteiger partial charge is 0.299 e. The van der Waals surface area contributed by atoms with Crippen molar-refractivity contribution < 1.29 is 9.66 Å². The van der Waals surface area contributed by atoms with E-state index in [9.17, 15) is 9.70 Å². The van der Waals surface area contributed by atoms with Gasteiger partial charge in [-0.1, -0.05) is 0 Å². The molecule has 0 radical (unpaired) electrons. The molecule has 2 aliphatic rings. The Morgan fingerprint density at radius 3 is 2.83 bits per heavy atom. The molecule has 4 nitrogen and oxygen atoms in total. The predicted octanol–water partition coefficient (Wildman–Crippen LogP) is 0.555. The van der Waals surface area contributed by atoms with Gasteiger partial charge in [0, 0.05) is 19.3 Å². The summed E-state index contributed by atoms with van der Waals surface area (Å²) < 4.78 is 0. The molecule has 2 rings (SSSR count). The van der Waals surface area contributed by atoms with Crippen LogP contribution in [0.3, 0.4) is 0 Å². The van der Waals surface area contributed by atoms with Gasteiger partial charge >= 0.3 is 0 Å². The monoisotopic (exact) mass is 169 g/mol. The molecule has 1 spiro atoms. The fraction of sp³-hybridized carbons (Fsp3) is 0.875. The second-order valence-electron chi connectivity index (χ2n) is 3.75. The molecule has 0 aromatic carbocycles. The fourth-order valence-corrected chi connectivity index (χ4v) is 2.20. The molecule has 1 unspecified atom stereocenters. The smallest absolute Gasteiger partial charge is 0.252 e. The van der Waals surface area contributed by atoms with Crippen LogP contribution >= 0.6 is 0 Å². The first-order valence-corrected chi connectivity index (χ1v) is 4.46. The van der Waals surface area contributed by atoms with Crippen LogP contribution in [0.1, 0.15) is 32.1 Å². The standard InChI is InChI=1S/C8H13N2O2/c11-7-2-1-3-8(6-7)4-5-9-10(8)12/h1-6H2,(H,9,12)/q+1. The van der Waals surface area contributed by atoms with Crippen LogP contribution in [0.4, 0.5) is 0 Å². The second-order valence-corrected chi connectivity index (χ2v) is 3.75. The third-order valence-corrected chi connectivity index (χ3v) is 2.90. The number of hydrogen-bond donors (Lipinski definition) is 1. The van der Waals surface area contributed by atoms with Crippen molar-refractivity contribution in [3.63, 3.8) is 0 Å². The highest BCUT2D eigenvalue weighted by Crippen LogP contribution is 2.33. The van der Waals surface area contributed by atoms with Crippen molar-refractivity contribution in [2.24, 2.45) is 0 Å². The van der Waals surface area contributed by atoms with Crippen molar-refractivity contribution in [1.82, 2.24) is 5.43 Å². The number of nitroso groups, excluding NO2 is 1. The summed E-state index contributed by atoms with van der Waals surface area (Å²) in [4.78, 5) is 23.4. The Morgan fingerprint density at radius 1 is 1.42 bits per heavy atom. The van der Waals surface area contributed by atoms with Gasteiger partial charge in [0.2, 0.25) is 0 Å². The van der Waals surface area contributed by atoms with E-state index in [2.05, 4.69) is 5.43 Å². The van der Waals surface area contributed by atoms with Crippen molar-refractivity contribution in [3.05, 3.63) is 4.91 Å². The maximum absolute atomic E-state index is 11.4. The molecule has 0 aromatic rings. The van der Waals surface area contributed by atoms with Gasteiger partial charge in [-0.15, -0.1) is 0 Å². The lowest BCUT2D eigenvalue weighted by Crippen LogP contribution is -2.43. The number of Topliss-reactive ketones (excluding diaryl/α,β-unsaturated/α-hetero) is 1. The summed E-state index contributed by atoms with van der Waals surface area (Å²) in [6.07, 6.45) is 3.68. The Labute approximate surface area is 70.9 Å². The first kappa shape index (κ1) is 7.71. The number of hydrazine groups is 1. The second kappa shape index (κ2) is 2.54. The Morgan fingerprint density at radius 2 is 2.25 bits per heavy atom. The van der Waals surface area contributed by atoms with E-state index in [0.29, 0.717) is 12.8 Å². The molecule has 4 heteroatoms. The van der Waals surface area contributed by atoms with Gasteiger partial charge < -0.3 is 0 Å². The number of ketones is 1. The zero-order valence-electron chi connectivity index (χ0n) is 7.01. The molecule has 0 amide bonds. The molecule has 0 aromatic heterocycles. The average Bonchev–Trinajstić information content (AvgIpc) is 2.33. The van der Waals surface area contributed by atoms with Crippen LogP contribution < -0.4 is 5.43 Å². The molecule has 1 atom stereocenters. The molecule has 2 fully saturated rings. The van der Waals surface area contributed by atoms with E-state index in [1.807, 2.05) is 0 Å². The summed E-state index contributed by atoms with van der Waals surface area (Å²) in [6.45, 7) is 0.719. The van der Waals surface area contributed by atoms with Gasteiger partial charge in [-0.25, -0.2) is 0 Å². The molecule has 1 heterocycles. The third kappa shape index (κ3) is 1.02. The van der Waals surface area contributed by atoms with Gasteiger partial charge in [-0.2, -0.15) is 5.43 Å². The molecular weight excluding hydrogens is 156 g/mol. The third-order valence-electron chi connectivity index (χ3n) is 2.90. The van der Waals surface area contributed by atoms with Crippen LogP contribution in [0.15, 0.2) is 0 Å². The highest BCUT2D eigenvalue weighted by Gasteiger charge is 2.53. The predicted molar refractivity (Wildman–Crippen MR) is 42.5 cm³/mol. The van der Waals surface area contributed by atoms with E-state index in [0.717, 1.165) is 30.7 Å². The molecule has 66 valence electrons. The number of rotatable bonds is 0. The topological polar surface area (TPSA) is 49.2 Å². The van der Waals surface area contributed by atoms with Gasteiger partial charge in [-0.05, 0) is 6.42 Å². The molecular formula is C8H13N2O2+. The van der Waals surface area contributed by atoms with E-state index in [1.165, 1.54) is 0 Å². The minimum Gasteiger partial charge on any atom is -0.299 e. The Kier molecular flexibility index (Phi) is 1.63. The van der Waals surface area contributed by atoms with Crippen LogP contribution in [0.25, 0.3) is 0 Å². The van der Waals surface area contributed by atoms with Crippen LogP contribution in [0.5, 0.6) is 0 Å². The van der Waals surface area contributed by atoms with Gasteiger partial charge in [0.05, 0.1) is 17.9 Å². The van der Waals surface area contributed by atoms with Gasteiger partial charge in [-0.3, -0.25) is 4.79 Å². The van der Waals surface area contributed by atoms with Crippen LogP contribution in [-0.4, -0.2) is 22.7 Å². The summed E-state index contributed by atoms with van der Waals surface area (Å²) in [7, 11) is 0. The van der Waals surface area contributed by atoms with Crippen LogP contribution in [-0.2, 0) is 4.79 Å². The summed E-state index contributed by atoms with van der Waals surface area (Å²) in [5.41, 5.74) is 2.35. The number of hydrogen-bond acceptors (Lipinski definition) is 2. The van der Waals surface area contributed by atoms with E-state index in [1.54, 1.807) is 0 Å².